The van der Waals surface area contributed by atoms with Crippen LogP contribution in [0.3, 0.4) is 0 Å². The minimum Gasteiger partial charge on any atom is -0.379 e. The lowest BCUT2D eigenvalue weighted by molar-refractivity contribution is 0.0398. The number of morpholine rings is 1. The number of ether oxygens (including phenoxy) is 1. The molecule has 9 heteroatoms. The van der Waals surface area contributed by atoms with Crippen LogP contribution in [0.15, 0.2) is 10.9 Å². The van der Waals surface area contributed by atoms with E-state index in [0.717, 1.165) is 67.6 Å². The van der Waals surface area contributed by atoms with Gasteiger partial charge in [-0.1, -0.05) is 5.16 Å². The molecule has 1 saturated heterocycles. The Balaban J connectivity index is 1.67. The van der Waals surface area contributed by atoms with Crippen molar-refractivity contribution in [1.29, 1.82) is 0 Å². The first-order chi connectivity index (χ1) is 13.5. The number of hydrogen-bond acceptors (Lipinski definition) is 8. The fourth-order valence-corrected chi connectivity index (χ4v) is 3.49. The molecular formula is C19H27N7O2. The second kappa shape index (κ2) is 7.84. The van der Waals surface area contributed by atoms with E-state index in [9.17, 15) is 0 Å². The summed E-state index contributed by atoms with van der Waals surface area (Å²) in [6.45, 7) is 13.3. The molecule has 1 aliphatic rings. The Hall–Kier alpha value is -2.52. The third-order valence-electron chi connectivity index (χ3n) is 5.06. The number of rotatable bonds is 6. The summed E-state index contributed by atoms with van der Waals surface area (Å²) in [7, 11) is 0. The number of nitrogens with zero attached hydrogens (tertiary/aromatic N) is 6. The van der Waals surface area contributed by atoms with E-state index in [-0.39, 0.29) is 6.04 Å². The van der Waals surface area contributed by atoms with Crippen LogP contribution in [0, 0.1) is 13.8 Å². The van der Waals surface area contributed by atoms with Crippen LogP contribution in [0.25, 0.3) is 22.6 Å². The largest absolute Gasteiger partial charge is 0.379 e. The van der Waals surface area contributed by atoms with Crippen molar-refractivity contribution in [1.82, 2.24) is 29.6 Å². The van der Waals surface area contributed by atoms with Crippen molar-refractivity contribution >= 4 is 17.0 Å². The lowest BCUT2D eigenvalue weighted by atomic mass is 10.2. The zero-order valence-corrected chi connectivity index (χ0v) is 16.9. The van der Waals surface area contributed by atoms with Gasteiger partial charge in [0.05, 0.1) is 30.8 Å². The van der Waals surface area contributed by atoms with E-state index in [1.807, 2.05) is 20.2 Å². The van der Waals surface area contributed by atoms with E-state index in [0.29, 0.717) is 11.6 Å². The van der Waals surface area contributed by atoms with Gasteiger partial charge in [-0.2, -0.15) is 0 Å². The maximum atomic E-state index is 5.42. The first-order valence-corrected chi connectivity index (χ1v) is 9.76. The number of fused-ring (bicyclic) bond motifs is 1. The summed E-state index contributed by atoms with van der Waals surface area (Å²) in [5, 5.41) is 7.52. The van der Waals surface area contributed by atoms with Gasteiger partial charge >= 0.3 is 0 Å². The normalized spacial score (nSPS) is 15.6. The average molecular weight is 385 g/mol. The number of aryl methyl sites for hydroxylation is 2. The van der Waals surface area contributed by atoms with E-state index in [2.05, 4.69) is 38.8 Å². The second-order valence-corrected chi connectivity index (χ2v) is 7.39. The highest BCUT2D eigenvalue weighted by Crippen LogP contribution is 2.29. The Labute approximate surface area is 164 Å². The highest BCUT2D eigenvalue weighted by molar-refractivity contribution is 5.85. The van der Waals surface area contributed by atoms with Gasteiger partial charge in [-0.15, -0.1) is 0 Å². The molecule has 3 aromatic heterocycles. The van der Waals surface area contributed by atoms with Gasteiger partial charge in [-0.3, -0.25) is 4.90 Å². The standard InChI is InChI=1S/C19H27N7O2/c1-12(2)26-11-21-16-18(20-5-6-25-7-9-27-10-8-25)22-17(23-19(16)26)15-13(3)24-28-14(15)4/h11-12H,5-10H2,1-4H3,(H,20,22,23). The molecule has 1 N–H and O–H groups in total. The van der Waals surface area contributed by atoms with E-state index < -0.39 is 0 Å². The Morgan fingerprint density at radius 2 is 1.96 bits per heavy atom. The third kappa shape index (κ3) is 3.59. The molecule has 1 fully saturated rings. The lowest BCUT2D eigenvalue weighted by Crippen LogP contribution is -2.39. The molecular weight excluding hydrogens is 358 g/mol. The summed E-state index contributed by atoms with van der Waals surface area (Å²) >= 11 is 0. The molecule has 0 bridgehead atoms. The highest BCUT2D eigenvalue weighted by atomic mass is 16.5. The molecule has 4 heterocycles. The third-order valence-corrected chi connectivity index (χ3v) is 5.06. The number of imidazole rings is 1. The molecule has 0 spiro atoms. The van der Waals surface area contributed by atoms with Crippen LogP contribution in [0.4, 0.5) is 5.82 Å². The monoisotopic (exact) mass is 385 g/mol. The molecule has 150 valence electrons. The van der Waals surface area contributed by atoms with E-state index >= 15 is 0 Å². The molecule has 9 nitrogen and oxygen atoms in total. The van der Waals surface area contributed by atoms with E-state index in [1.54, 1.807) is 0 Å². The van der Waals surface area contributed by atoms with Crippen LogP contribution >= 0.6 is 0 Å². The van der Waals surface area contributed by atoms with Crippen LogP contribution in [-0.2, 0) is 4.74 Å². The summed E-state index contributed by atoms with van der Waals surface area (Å²) in [5.74, 6) is 2.07. The first kappa shape index (κ1) is 18.8. The number of nitrogens with one attached hydrogen (secondary N) is 1. The molecule has 0 aromatic carbocycles. The van der Waals surface area contributed by atoms with Gasteiger partial charge in [0.25, 0.3) is 0 Å². The topological polar surface area (TPSA) is 94.1 Å². The minimum atomic E-state index is 0.249. The maximum Gasteiger partial charge on any atom is 0.169 e. The second-order valence-electron chi connectivity index (χ2n) is 7.39. The first-order valence-electron chi connectivity index (χ1n) is 9.76. The summed E-state index contributed by atoms with van der Waals surface area (Å²) < 4.78 is 12.8. The fraction of sp³-hybridized carbons (Fsp3) is 0.579. The molecule has 0 saturated carbocycles. The Bertz CT molecular complexity index is 937. The predicted octanol–water partition coefficient (Wildman–Crippen LogP) is 2.42. The number of aromatic nitrogens is 5. The van der Waals surface area contributed by atoms with Gasteiger partial charge in [0.1, 0.15) is 11.3 Å². The Kier molecular flexibility index (Phi) is 5.27. The van der Waals surface area contributed by atoms with Crippen LogP contribution in [0.1, 0.15) is 31.3 Å². The van der Waals surface area contributed by atoms with Crippen molar-refractivity contribution in [3.63, 3.8) is 0 Å². The van der Waals surface area contributed by atoms with Gasteiger partial charge in [0.15, 0.2) is 17.3 Å². The van der Waals surface area contributed by atoms with Gasteiger partial charge in [-0.25, -0.2) is 15.0 Å². The summed E-state index contributed by atoms with van der Waals surface area (Å²) in [6, 6.07) is 0.249. The van der Waals surface area contributed by atoms with Gasteiger partial charge in [0, 0.05) is 32.2 Å². The van der Waals surface area contributed by atoms with Crippen LogP contribution in [0.2, 0.25) is 0 Å². The van der Waals surface area contributed by atoms with Crippen LogP contribution < -0.4 is 5.32 Å². The summed E-state index contributed by atoms with van der Waals surface area (Å²) in [6.07, 6.45) is 1.83. The van der Waals surface area contributed by atoms with E-state index in [1.165, 1.54) is 0 Å². The molecule has 0 aliphatic carbocycles. The van der Waals surface area contributed by atoms with Crippen molar-refractivity contribution in [3.8, 4) is 11.4 Å². The molecule has 3 aromatic rings. The van der Waals surface area contributed by atoms with Gasteiger partial charge in [-0.05, 0) is 27.7 Å². The molecule has 0 amide bonds. The van der Waals surface area contributed by atoms with Crippen molar-refractivity contribution in [2.45, 2.75) is 33.7 Å². The smallest absolute Gasteiger partial charge is 0.169 e. The van der Waals surface area contributed by atoms with Gasteiger partial charge in [0.2, 0.25) is 0 Å². The van der Waals surface area contributed by atoms with Crippen molar-refractivity contribution < 1.29 is 9.26 Å². The summed E-state index contributed by atoms with van der Waals surface area (Å²) in [4.78, 5) is 16.5. The van der Waals surface area contributed by atoms with Crippen LogP contribution in [-0.4, -0.2) is 69.0 Å². The minimum absolute atomic E-state index is 0.249. The quantitative estimate of drug-likeness (QED) is 0.691. The zero-order valence-electron chi connectivity index (χ0n) is 16.9. The molecule has 0 atom stereocenters. The number of anilines is 1. The average Bonchev–Trinajstić information content (AvgIpc) is 3.25. The number of hydrogen-bond donors (Lipinski definition) is 1. The fourth-order valence-electron chi connectivity index (χ4n) is 3.49. The molecule has 1 aliphatic heterocycles. The Morgan fingerprint density at radius 1 is 1.18 bits per heavy atom. The lowest BCUT2D eigenvalue weighted by Gasteiger charge is -2.26. The highest BCUT2D eigenvalue weighted by Gasteiger charge is 2.20. The predicted molar refractivity (Wildman–Crippen MR) is 106 cm³/mol. The van der Waals surface area contributed by atoms with Crippen molar-refractivity contribution in [3.05, 3.63) is 17.8 Å². The van der Waals surface area contributed by atoms with E-state index in [4.69, 9.17) is 19.2 Å². The zero-order chi connectivity index (χ0) is 19.7. The van der Waals surface area contributed by atoms with Crippen LogP contribution in [0.5, 0.6) is 0 Å². The van der Waals surface area contributed by atoms with Crippen molar-refractivity contribution in [2.24, 2.45) is 0 Å². The molecule has 4 rings (SSSR count). The van der Waals surface area contributed by atoms with Gasteiger partial charge < -0.3 is 19.1 Å². The van der Waals surface area contributed by atoms with Crippen molar-refractivity contribution in [2.75, 3.05) is 44.7 Å². The molecule has 0 radical (unpaired) electrons. The summed E-state index contributed by atoms with van der Waals surface area (Å²) in [5.41, 5.74) is 3.22. The maximum absolute atomic E-state index is 5.42. The molecule has 28 heavy (non-hydrogen) atoms. The SMILES string of the molecule is Cc1noc(C)c1-c1nc(NCCN2CCOCC2)c2ncn(C(C)C)c2n1. The Morgan fingerprint density at radius 3 is 2.64 bits per heavy atom. The molecule has 0 unspecified atom stereocenters.